The molecule has 170 valence electrons. The zero-order valence-corrected chi connectivity index (χ0v) is 18.8. The molecule has 3 N–H and O–H groups in total. The van der Waals surface area contributed by atoms with Crippen LogP contribution in [-0.2, 0) is 16.0 Å². The number of benzene rings is 2. The Bertz CT molecular complexity index is 1140. The number of nitrogens with two attached hydrogens (primary N) is 1. The minimum absolute atomic E-state index is 0.0773. The standard InChI is InChI=1S/C27H29N3O3/c1-18(31)30-24-4-2-3-19(15-24)5-10-26(32)22-8-6-21(7-9-22)25-16-23(17-29-27(25)28)20-11-13-33-14-12-20/h2-4,6-9,15-17,20H,5,10-14H2,1H3,(H2,28,29)(H,30,31). The highest BCUT2D eigenvalue weighted by Crippen LogP contribution is 2.32. The molecule has 4 rings (SSSR count). The summed E-state index contributed by atoms with van der Waals surface area (Å²) in [5, 5.41) is 2.77. The first-order valence-corrected chi connectivity index (χ1v) is 11.3. The summed E-state index contributed by atoms with van der Waals surface area (Å²) in [4.78, 5) is 28.4. The van der Waals surface area contributed by atoms with Gasteiger partial charge >= 0.3 is 0 Å². The van der Waals surface area contributed by atoms with Crippen LogP contribution in [0.1, 0.15) is 53.6 Å². The van der Waals surface area contributed by atoms with E-state index in [1.165, 1.54) is 12.5 Å². The molecule has 0 atom stereocenters. The van der Waals surface area contributed by atoms with Crippen LogP contribution in [0.2, 0.25) is 0 Å². The number of rotatable bonds is 7. The van der Waals surface area contributed by atoms with E-state index < -0.39 is 0 Å². The molecule has 6 nitrogen and oxygen atoms in total. The van der Waals surface area contributed by atoms with Crippen LogP contribution in [0.5, 0.6) is 0 Å². The van der Waals surface area contributed by atoms with E-state index in [0.717, 1.165) is 48.4 Å². The number of pyridine rings is 1. The fourth-order valence-corrected chi connectivity index (χ4v) is 4.22. The van der Waals surface area contributed by atoms with Crippen molar-refractivity contribution in [3.63, 3.8) is 0 Å². The van der Waals surface area contributed by atoms with Crippen molar-refractivity contribution in [3.05, 3.63) is 77.5 Å². The smallest absolute Gasteiger partial charge is 0.221 e. The number of Topliss-reactive ketones (excluding diaryl/α,β-unsaturated/α-hetero) is 1. The van der Waals surface area contributed by atoms with Crippen molar-refractivity contribution in [1.29, 1.82) is 0 Å². The van der Waals surface area contributed by atoms with Crippen molar-refractivity contribution in [2.45, 2.75) is 38.5 Å². The number of ether oxygens (including phenoxy) is 1. The number of amides is 1. The van der Waals surface area contributed by atoms with E-state index >= 15 is 0 Å². The monoisotopic (exact) mass is 443 g/mol. The average molecular weight is 444 g/mol. The van der Waals surface area contributed by atoms with Crippen molar-refractivity contribution in [1.82, 2.24) is 4.98 Å². The van der Waals surface area contributed by atoms with Gasteiger partial charge in [0.15, 0.2) is 5.78 Å². The van der Waals surface area contributed by atoms with Gasteiger partial charge in [-0.2, -0.15) is 0 Å². The Hall–Kier alpha value is -3.51. The number of hydrogen-bond donors (Lipinski definition) is 2. The Morgan fingerprint density at radius 2 is 1.85 bits per heavy atom. The first-order chi connectivity index (χ1) is 16.0. The summed E-state index contributed by atoms with van der Waals surface area (Å²) in [6.45, 7) is 3.03. The first-order valence-electron chi connectivity index (χ1n) is 11.3. The van der Waals surface area contributed by atoms with E-state index in [4.69, 9.17) is 10.5 Å². The summed E-state index contributed by atoms with van der Waals surface area (Å²) in [6, 6.07) is 17.3. The van der Waals surface area contributed by atoms with Crippen LogP contribution in [0.4, 0.5) is 11.5 Å². The molecule has 0 saturated carbocycles. The highest BCUT2D eigenvalue weighted by molar-refractivity contribution is 5.96. The molecule has 1 amide bonds. The molecule has 2 heterocycles. The molecule has 2 aromatic carbocycles. The zero-order chi connectivity index (χ0) is 23.2. The van der Waals surface area contributed by atoms with Gasteiger partial charge in [0.2, 0.25) is 5.91 Å². The quantitative estimate of drug-likeness (QED) is 0.501. The number of anilines is 2. The van der Waals surface area contributed by atoms with Crippen molar-refractivity contribution in [3.8, 4) is 11.1 Å². The lowest BCUT2D eigenvalue weighted by Crippen LogP contribution is -2.14. The number of aromatic nitrogens is 1. The molecule has 1 aliphatic rings. The van der Waals surface area contributed by atoms with E-state index in [-0.39, 0.29) is 11.7 Å². The molecule has 6 heteroatoms. The van der Waals surface area contributed by atoms with Gasteiger partial charge < -0.3 is 15.8 Å². The normalized spacial score (nSPS) is 14.1. The predicted octanol–water partition coefficient (Wildman–Crippen LogP) is 5.00. The molecule has 0 radical (unpaired) electrons. The van der Waals surface area contributed by atoms with Crippen molar-refractivity contribution >= 4 is 23.2 Å². The largest absolute Gasteiger partial charge is 0.383 e. The number of ketones is 1. The summed E-state index contributed by atoms with van der Waals surface area (Å²) in [5.41, 5.74) is 11.6. The van der Waals surface area contributed by atoms with Gasteiger partial charge in [-0.15, -0.1) is 0 Å². The summed E-state index contributed by atoms with van der Waals surface area (Å²) >= 11 is 0. The number of nitrogens with zero attached hydrogens (tertiary/aromatic N) is 1. The highest BCUT2D eigenvalue weighted by Gasteiger charge is 2.18. The highest BCUT2D eigenvalue weighted by atomic mass is 16.5. The maximum absolute atomic E-state index is 12.7. The maximum atomic E-state index is 12.7. The molecule has 1 aromatic heterocycles. The lowest BCUT2D eigenvalue weighted by molar-refractivity contribution is -0.114. The zero-order valence-electron chi connectivity index (χ0n) is 18.8. The second-order valence-electron chi connectivity index (χ2n) is 8.47. The second-order valence-corrected chi connectivity index (χ2v) is 8.47. The lowest BCUT2D eigenvalue weighted by atomic mass is 9.91. The molecule has 1 fully saturated rings. The molecule has 1 aliphatic heterocycles. The molecule has 0 bridgehead atoms. The SMILES string of the molecule is CC(=O)Nc1cccc(CCC(=O)c2ccc(-c3cc(C4CCOCC4)cnc3N)cc2)c1. The van der Waals surface area contributed by atoms with Gasteiger partial charge in [-0.25, -0.2) is 4.98 Å². The number of nitrogens with one attached hydrogen (secondary N) is 1. The van der Waals surface area contributed by atoms with Crippen LogP contribution < -0.4 is 11.1 Å². The fourth-order valence-electron chi connectivity index (χ4n) is 4.22. The number of carbonyl (C=O) groups excluding carboxylic acids is 2. The molecule has 0 spiro atoms. The fraction of sp³-hybridized carbons (Fsp3) is 0.296. The minimum Gasteiger partial charge on any atom is -0.383 e. The van der Waals surface area contributed by atoms with Gasteiger partial charge in [-0.05, 0) is 60.1 Å². The van der Waals surface area contributed by atoms with E-state index in [1.807, 2.05) is 54.7 Å². The average Bonchev–Trinajstić information content (AvgIpc) is 2.83. The Balaban J connectivity index is 1.43. The summed E-state index contributed by atoms with van der Waals surface area (Å²) < 4.78 is 5.47. The van der Waals surface area contributed by atoms with E-state index in [2.05, 4.69) is 16.4 Å². The molecule has 1 saturated heterocycles. The Kier molecular flexibility index (Phi) is 7.15. The number of carbonyl (C=O) groups is 2. The Labute approximate surface area is 194 Å². The van der Waals surface area contributed by atoms with Crippen molar-refractivity contribution in [2.75, 3.05) is 24.3 Å². The Morgan fingerprint density at radius 3 is 2.58 bits per heavy atom. The van der Waals surface area contributed by atoms with Crippen LogP contribution in [0.25, 0.3) is 11.1 Å². The topological polar surface area (TPSA) is 94.3 Å². The van der Waals surface area contributed by atoms with Crippen molar-refractivity contribution in [2.24, 2.45) is 0 Å². The van der Waals surface area contributed by atoms with Crippen molar-refractivity contribution < 1.29 is 14.3 Å². The van der Waals surface area contributed by atoms with E-state index in [9.17, 15) is 9.59 Å². The second kappa shape index (κ2) is 10.4. The van der Waals surface area contributed by atoms with Gasteiger partial charge in [0.25, 0.3) is 0 Å². The van der Waals surface area contributed by atoms with Crippen LogP contribution in [0, 0.1) is 0 Å². The summed E-state index contributed by atoms with van der Waals surface area (Å²) in [7, 11) is 0. The van der Waals surface area contributed by atoms with Crippen LogP contribution in [-0.4, -0.2) is 29.9 Å². The molecule has 0 unspecified atom stereocenters. The number of nitrogen functional groups attached to an aromatic ring is 1. The lowest BCUT2D eigenvalue weighted by Gasteiger charge is -2.22. The summed E-state index contributed by atoms with van der Waals surface area (Å²) in [5.74, 6) is 0.894. The third kappa shape index (κ3) is 5.84. The van der Waals surface area contributed by atoms with Gasteiger partial charge in [0, 0.05) is 49.6 Å². The van der Waals surface area contributed by atoms with Gasteiger partial charge in [0.1, 0.15) is 5.82 Å². The van der Waals surface area contributed by atoms with E-state index in [1.54, 1.807) is 0 Å². The van der Waals surface area contributed by atoms with Crippen LogP contribution in [0.3, 0.4) is 0 Å². The van der Waals surface area contributed by atoms with Gasteiger partial charge in [-0.3, -0.25) is 9.59 Å². The first kappa shape index (κ1) is 22.7. The molecular weight excluding hydrogens is 414 g/mol. The molecule has 33 heavy (non-hydrogen) atoms. The minimum atomic E-state index is -0.113. The van der Waals surface area contributed by atoms with Crippen LogP contribution >= 0.6 is 0 Å². The van der Waals surface area contributed by atoms with Gasteiger partial charge in [0.05, 0.1) is 0 Å². The summed E-state index contributed by atoms with van der Waals surface area (Å²) in [6.07, 6.45) is 4.86. The number of aryl methyl sites for hydroxylation is 1. The predicted molar refractivity (Wildman–Crippen MR) is 130 cm³/mol. The van der Waals surface area contributed by atoms with Crippen LogP contribution in [0.15, 0.2) is 60.8 Å². The van der Waals surface area contributed by atoms with E-state index in [0.29, 0.717) is 30.1 Å². The maximum Gasteiger partial charge on any atom is 0.221 e. The number of hydrogen-bond acceptors (Lipinski definition) is 5. The molecule has 0 aliphatic carbocycles. The van der Waals surface area contributed by atoms with Gasteiger partial charge in [-0.1, -0.05) is 36.4 Å². The Morgan fingerprint density at radius 1 is 1.09 bits per heavy atom. The molecule has 3 aromatic rings. The molecular formula is C27H29N3O3. The third-order valence-electron chi connectivity index (χ3n) is 6.04. The third-order valence-corrected chi connectivity index (χ3v) is 6.04.